The zero-order chi connectivity index (χ0) is 31.7. The molecule has 45 heavy (non-hydrogen) atoms. The van der Waals surface area contributed by atoms with E-state index in [1.165, 1.54) is 18.1 Å². The second-order valence-electron chi connectivity index (χ2n) is 10.9. The number of amides is 4. The number of pyridine rings is 2. The number of nitrogens with one attached hydrogen (secondary N) is 2. The van der Waals surface area contributed by atoms with E-state index in [2.05, 4.69) is 25.5 Å². The van der Waals surface area contributed by atoms with Crippen LogP contribution in [0.1, 0.15) is 47.1 Å². The van der Waals surface area contributed by atoms with Crippen LogP contribution < -0.4 is 20.3 Å². The number of carbonyl (C=O) groups is 3. The second kappa shape index (κ2) is 12.1. The van der Waals surface area contributed by atoms with Gasteiger partial charge in [0, 0.05) is 56.4 Å². The quantitative estimate of drug-likeness (QED) is 0.310. The van der Waals surface area contributed by atoms with Gasteiger partial charge in [0.05, 0.1) is 24.4 Å². The number of aromatic nitrogens is 4. The Labute approximate surface area is 255 Å². The van der Waals surface area contributed by atoms with Gasteiger partial charge >= 0.3 is 12.2 Å². The fourth-order valence-corrected chi connectivity index (χ4v) is 5.48. The van der Waals surface area contributed by atoms with E-state index in [-0.39, 0.29) is 29.8 Å². The van der Waals surface area contributed by atoms with E-state index in [0.717, 1.165) is 49.0 Å². The Kier molecular flexibility index (Phi) is 8.10. The predicted octanol–water partition coefficient (Wildman–Crippen LogP) is 4.39. The second-order valence-corrected chi connectivity index (χ2v) is 10.9. The number of imide groups is 1. The third-order valence-corrected chi connectivity index (χ3v) is 7.84. The van der Waals surface area contributed by atoms with Crippen LogP contribution in [-0.4, -0.2) is 69.2 Å². The van der Waals surface area contributed by atoms with Crippen molar-refractivity contribution in [1.82, 2.24) is 30.0 Å². The number of likely N-dealkylation sites (tertiary alicyclic amines) is 1. The number of piperidine rings is 1. The highest BCUT2D eigenvalue weighted by atomic mass is 19.4. The van der Waals surface area contributed by atoms with Crippen LogP contribution in [0.25, 0.3) is 10.9 Å². The number of rotatable bonds is 7. The number of halogens is 3. The van der Waals surface area contributed by atoms with Gasteiger partial charge in [0.25, 0.3) is 5.91 Å². The molecule has 0 aliphatic carbocycles. The smallest absolute Gasteiger partial charge is 0.433 e. The molecule has 234 valence electrons. The number of nitrogens with zero attached hydrogens (tertiary/aromatic N) is 6. The molecule has 0 atom stereocenters. The Balaban J connectivity index is 1.08. The Hall–Kier alpha value is -5.05. The van der Waals surface area contributed by atoms with Crippen molar-refractivity contribution in [3.8, 4) is 5.75 Å². The van der Waals surface area contributed by atoms with Crippen molar-refractivity contribution >= 4 is 40.3 Å². The molecule has 2 N–H and O–H groups in total. The first kappa shape index (κ1) is 30.0. The highest BCUT2D eigenvalue weighted by Gasteiger charge is 2.33. The fourth-order valence-electron chi connectivity index (χ4n) is 5.48. The maximum Gasteiger partial charge on any atom is 0.433 e. The number of hydrogen-bond acceptors (Lipinski definition) is 8. The van der Waals surface area contributed by atoms with Gasteiger partial charge in [-0.3, -0.25) is 29.4 Å². The lowest BCUT2D eigenvalue weighted by atomic mass is 10.0. The molecule has 4 amide bonds. The molecule has 15 heteroatoms. The van der Waals surface area contributed by atoms with E-state index in [4.69, 9.17) is 9.84 Å². The Morgan fingerprint density at radius 2 is 1.91 bits per heavy atom. The third-order valence-electron chi connectivity index (χ3n) is 7.84. The van der Waals surface area contributed by atoms with Crippen LogP contribution in [0, 0.1) is 0 Å². The van der Waals surface area contributed by atoms with Gasteiger partial charge in [-0.1, -0.05) is 12.1 Å². The fraction of sp³-hybridized carbons (Fsp3) is 0.333. The van der Waals surface area contributed by atoms with Gasteiger partial charge in [-0.25, -0.2) is 14.8 Å². The van der Waals surface area contributed by atoms with Crippen LogP contribution in [0.15, 0.2) is 54.9 Å². The third kappa shape index (κ3) is 6.57. The highest BCUT2D eigenvalue weighted by Crippen LogP contribution is 2.33. The zero-order valence-electron chi connectivity index (χ0n) is 24.2. The number of benzene rings is 1. The van der Waals surface area contributed by atoms with Crippen molar-refractivity contribution in [2.45, 2.75) is 38.0 Å². The molecular formula is C30H29F3N8O4. The molecule has 2 aliphatic rings. The monoisotopic (exact) mass is 622 g/mol. The van der Waals surface area contributed by atoms with Crippen molar-refractivity contribution < 1.29 is 32.3 Å². The minimum Gasteiger partial charge on any atom is -0.494 e. The van der Waals surface area contributed by atoms with Crippen molar-refractivity contribution in [3.63, 3.8) is 0 Å². The summed E-state index contributed by atoms with van der Waals surface area (Å²) in [7, 11) is 1.43. The maximum atomic E-state index is 13.1. The summed E-state index contributed by atoms with van der Waals surface area (Å²) in [5.74, 6) is -0.267. The topological polar surface area (TPSA) is 135 Å². The SMILES string of the molecule is COc1cc2nn(C3CCN(Cc4ccc(N5CCC(=O)NC5=O)nc4)CC3)cc2cc1NC(=O)c1cccc(C(F)(F)F)n1. The lowest BCUT2D eigenvalue weighted by Gasteiger charge is -2.32. The van der Waals surface area contributed by atoms with Crippen LogP contribution in [0.4, 0.5) is 29.5 Å². The summed E-state index contributed by atoms with van der Waals surface area (Å²) in [5.41, 5.74) is 0.438. The van der Waals surface area contributed by atoms with Crippen LogP contribution in [0.5, 0.6) is 5.75 Å². The lowest BCUT2D eigenvalue weighted by Crippen LogP contribution is -2.49. The first-order chi connectivity index (χ1) is 21.6. The van der Waals surface area contributed by atoms with Crippen molar-refractivity contribution in [1.29, 1.82) is 0 Å². The minimum atomic E-state index is -4.67. The van der Waals surface area contributed by atoms with E-state index >= 15 is 0 Å². The summed E-state index contributed by atoms with van der Waals surface area (Å²) in [5, 5.41) is 10.4. The van der Waals surface area contributed by atoms with E-state index in [1.807, 2.05) is 16.9 Å². The molecule has 0 spiro atoms. The summed E-state index contributed by atoms with van der Waals surface area (Å²) in [6.45, 7) is 2.65. The summed E-state index contributed by atoms with van der Waals surface area (Å²) in [6, 6.07) is 9.92. The number of carbonyl (C=O) groups excluding carboxylic acids is 3. The molecule has 0 saturated carbocycles. The van der Waals surface area contributed by atoms with E-state index in [9.17, 15) is 27.6 Å². The molecule has 5 heterocycles. The molecule has 4 aromatic rings. The van der Waals surface area contributed by atoms with Crippen LogP contribution in [0.3, 0.4) is 0 Å². The van der Waals surface area contributed by atoms with Crippen LogP contribution in [-0.2, 0) is 17.5 Å². The molecule has 2 aliphatic heterocycles. The highest BCUT2D eigenvalue weighted by molar-refractivity contribution is 6.05. The number of ether oxygens (including phenoxy) is 1. The number of urea groups is 1. The first-order valence-corrected chi connectivity index (χ1v) is 14.3. The molecule has 0 unspecified atom stereocenters. The van der Waals surface area contributed by atoms with Gasteiger partial charge in [0.1, 0.15) is 23.0 Å². The summed E-state index contributed by atoms with van der Waals surface area (Å²) < 4.78 is 46.6. The molecule has 2 fully saturated rings. The van der Waals surface area contributed by atoms with Crippen molar-refractivity contribution in [2.24, 2.45) is 0 Å². The molecule has 2 saturated heterocycles. The molecule has 3 aromatic heterocycles. The molecule has 6 rings (SSSR count). The Morgan fingerprint density at radius 3 is 2.60 bits per heavy atom. The summed E-state index contributed by atoms with van der Waals surface area (Å²) in [6.07, 6.45) is 0.909. The summed E-state index contributed by atoms with van der Waals surface area (Å²) in [4.78, 5) is 47.9. The molecule has 1 aromatic carbocycles. The van der Waals surface area contributed by atoms with Gasteiger partial charge in [0.15, 0.2) is 0 Å². The Bertz CT molecular complexity index is 1750. The van der Waals surface area contributed by atoms with Gasteiger partial charge in [-0.05, 0) is 42.7 Å². The van der Waals surface area contributed by atoms with Gasteiger partial charge in [0.2, 0.25) is 5.91 Å². The van der Waals surface area contributed by atoms with E-state index in [0.29, 0.717) is 30.2 Å². The standard InChI is InChI=1S/C30H29F3N8O4/c1-45-24-14-22-19(13-23(24)36-28(43)21-3-2-4-25(35-21)30(31,32)33)17-41(38-22)20-7-10-39(11-8-20)16-18-5-6-26(34-15-18)40-12-9-27(42)37-29(40)44/h2-6,13-15,17,20H,7-12,16H2,1H3,(H,36,43)(H,37,42,44). The predicted molar refractivity (Wildman–Crippen MR) is 157 cm³/mol. The lowest BCUT2D eigenvalue weighted by molar-refractivity contribution is -0.141. The average Bonchev–Trinajstić information content (AvgIpc) is 3.44. The van der Waals surface area contributed by atoms with Crippen LogP contribution >= 0.6 is 0 Å². The van der Waals surface area contributed by atoms with Gasteiger partial charge in [-0.15, -0.1) is 0 Å². The van der Waals surface area contributed by atoms with Crippen molar-refractivity contribution in [3.05, 3.63) is 71.8 Å². The summed E-state index contributed by atoms with van der Waals surface area (Å²) >= 11 is 0. The average molecular weight is 623 g/mol. The minimum absolute atomic E-state index is 0.146. The molecule has 0 bridgehead atoms. The van der Waals surface area contributed by atoms with Gasteiger partial charge < -0.3 is 10.1 Å². The number of anilines is 2. The number of hydrogen-bond donors (Lipinski definition) is 2. The normalized spacial score (nSPS) is 16.6. The number of methoxy groups -OCH3 is 1. The largest absolute Gasteiger partial charge is 0.494 e. The van der Waals surface area contributed by atoms with Gasteiger partial charge in [-0.2, -0.15) is 18.3 Å². The zero-order valence-corrected chi connectivity index (χ0v) is 24.2. The van der Waals surface area contributed by atoms with Crippen LogP contribution in [0.2, 0.25) is 0 Å². The Morgan fingerprint density at radius 1 is 1.11 bits per heavy atom. The molecular weight excluding hydrogens is 593 g/mol. The first-order valence-electron chi connectivity index (χ1n) is 14.3. The maximum absolute atomic E-state index is 13.1. The number of alkyl halides is 3. The molecule has 0 radical (unpaired) electrons. The molecule has 12 nitrogen and oxygen atoms in total. The van der Waals surface area contributed by atoms with E-state index < -0.39 is 23.8 Å². The number of fused-ring (bicyclic) bond motifs is 1. The van der Waals surface area contributed by atoms with E-state index in [1.54, 1.807) is 24.4 Å². The van der Waals surface area contributed by atoms with Crippen molar-refractivity contribution in [2.75, 3.05) is 37.0 Å².